The van der Waals surface area contributed by atoms with Gasteiger partial charge in [-0.15, -0.1) is 0 Å². The second kappa shape index (κ2) is 17.1. The van der Waals surface area contributed by atoms with E-state index in [9.17, 15) is 19.1 Å². The first kappa shape index (κ1) is 33.4. The molecule has 1 atom stereocenters. The lowest BCUT2D eigenvalue weighted by molar-refractivity contribution is -0.133. The summed E-state index contributed by atoms with van der Waals surface area (Å²) in [6.07, 6.45) is 7.74. The SMILES string of the molecule is C.CCCC[C@@H](C)N(CCCCCc1ccc(O)c2c1OCC(=O)N2)C(=O)CCNCCc1cc(F)cc(Cl)c1. The van der Waals surface area contributed by atoms with Gasteiger partial charge in [-0.25, -0.2) is 4.39 Å². The van der Waals surface area contributed by atoms with Crippen LogP contribution in [0.1, 0.15) is 77.3 Å². The largest absolute Gasteiger partial charge is 0.506 e. The van der Waals surface area contributed by atoms with Crippen LogP contribution in [0.4, 0.5) is 10.1 Å². The van der Waals surface area contributed by atoms with Crippen molar-refractivity contribution in [1.29, 1.82) is 0 Å². The number of fused-ring (bicyclic) bond motifs is 1. The van der Waals surface area contributed by atoms with Gasteiger partial charge in [0, 0.05) is 30.6 Å². The summed E-state index contributed by atoms with van der Waals surface area (Å²) < 4.78 is 19.1. The van der Waals surface area contributed by atoms with Crippen molar-refractivity contribution in [2.75, 3.05) is 31.6 Å². The molecule has 2 aromatic rings. The van der Waals surface area contributed by atoms with E-state index < -0.39 is 0 Å². The standard InChI is InChI=1S/C30H41ClFN3O4.CH4/c1-3-4-8-21(2)35(28(38)13-15-33-14-12-22-17-24(31)19-25(32)18-22)16-7-5-6-9-23-10-11-26(36)29-30(23)39-20-27(37)34-29;/h10-11,17-19,21,33,36H,3-9,12-16,20H2,1-2H3,(H,34,37);1H4/t21-;/m1./s1. The molecule has 0 unspecified atom stereocenters. The number of aromatic hydroxyl groups is 1. The Hall–Kier alpha value is -2.84. The van der Waals surface area contributed by atoms with Crippen LogP contribution < -0.4 is 15.4 Å². The Morgan fingerprint density at radius 2 is 1.98 bits per heavy atom. The molecule has 9 heteroatoms. The smallest absolute Gasteiger partial charge is 0.262 e. The highest BCUT2D eigenvalue weighted by atomic mass is 35.5. The molecule has 0 fully saturated rings. The minimum Gasteiger partial charge on any atom is -0.506 e. The number of halogens is 2. The van der Waals surface area contributed by atoms with Crippen molar-refractivity contribution >= 4 is 29.1 Å². The highest BCUT2D eigenvalue weighted by molar-refractivity contribution is 6.30. The highest BCUT2D eigenvalue weighted by Crippen LogP contribution is 2.39. The monoisotopic (exact) mass is 577 g/mol. The first-order valence-electron chi connectivity index (χ1n) is 14.0. The summed E-state index contributed by atoms with van der Waals surface area (Å²) in [7, 11) is 0. The molecule has 1 heterocycles. The number of rotatable bonds is 16. The molecule has 7 nitrogen and oxygen atoms in total. The summed E-state index contributed by atoms with van der Waals surface area (Å²) in [5, 5.41) is 16.4. The summed E-state index contributed by atoms with van der Waals surface area (Å²) in [6.45, 7) is 6.17. The van der Waals surface area contributed by atoms with E-state index in [1.54, 1.807) is 12.1 Å². The molecule has 0 bridgehead atoms. The maximum absolute atomic E-state index is 13.5. The normalized spacial score (nSPS) is 13.1. The number of hydrogen-bond acceptors (Lipinski definition) is 5. The third-order valence-corrected chi connectivity index (χ3v) is 7.25. The third kappa shape index (κ3) is 10.3. The zero-order valence-electron chi connectivity index (χ0n) is 23.0. The van der Waals surface area contributed by atoms with Crippen molar-refractivity contribution in [2.45, 2.75) is 85.1 Å². The van der Waals surface area contributed by atoms with Crippen LogP contribution in [0.15, 0.2) is 30.3 Å². The molecule has 0 saturated carbocycles. The van der Waals surface area contributed by atoms with E-state index in [0.717, 1.165) is 56.1 Å². The average molecular weight is 578 g/mol. The number of phenols is 1. The average Bonchev–Trinajstić information content (AvgIpc) is 2.89. The molecule has 0 aromatic heterocycles. The molecule has 1 aliphatic heterocycles. The minimum absolute atomic E-state index is 0. The molecule has 40 heavy (non-hydrogen) atoms. The number of carbonyl (C=O) groups excluding carboxylic acids is 2. The van der Waals surface area contributed by atoms with Gasteiger partial charge >= 0.3 is 0 Å². The topological polar surface area (TPSA) is 90.9 Å². The fourth-order valence-corrected chi connectivity index (χ4v) is 5.13. The van der Waals surface area contributed by atoms with E-state index >= 15 is 0 Å². The predicted molar refractivity (Wildman–Crippen MR) is 160 cm³/mol. The number of anilines is 1. The van der Waals surface area contributed by atoms with E-state index in [0.29, 0.717) is 48.9 Å². The van der Waals surface area contributed by atoms with E-state index in [2.05, 4.69) is 24.5 Å². The number of benzene rings is 2. The number of carbonyl (C=O) groups is 2. The number of unbranched alkanes of at least 4 members (excludes halogenated alkanes) is 3. The Bertz CT molecular complexity index is 1090. The van der Waals surface area contributed by atoms with Gasteiger partial charge in [0.25, 0.3) is 5.91 Å². The van der Waals surface area contributed by atoms with Crippen LogP contribution >= 0.6 is 11.6 Å². The van der Waals surface area contributed by atoms with E-state index in [1.807, 2.05) is 11.0 Å². The van der Waals surface area contributed by atoms with Crippen molar-refractivity contribution in [2.24, 2.45) is 0 Å². The van der Waals surface area contributed by atoms with Gasteiger partial charge in [0.1, 0.15) is 17.3 Å². The van der Waals surface area contributed by atoms with Crippen LogP contribution in [-0.2, 0) is 22.4 Å². The Labute approximate surface area is 243 Å². The lowest BCUT2D eigenvalue weighted by atomic mass is 10.0. The maximum Gasteiger partial charge on any atom is 0.262 e. The molecule has 3 rings (SSSR count). The molecule has 0 radical (unpaired) electrons. The van der Waals surface area contributed by atoms with Gasteiger partial charge < -0.3 is 25.4 Å². The molecule has 0 saturated heterocycles. The van der Waals surface area contributed by atoms with Crippen molar-refractivity contribution in [3.8, 4) is 11.5 Å². The zero-order chi connectivity index (χ0) is 28.2. The Balaban J connectivity index is 0.00000560. The number of amides is 2. The van der Waals surface area contributed by atoms with Gasteiger partial charge in [-0.3, -0.25) is 9.59 Å². The second-order valence-electron chi connectivity index (χ2n) is 10.2. The number of hydrogen-bond donors (Lipinski definition) is 3. The first-order chi connectivity index (χ1) is 18.8. The fourth-order valence-electron chi connectivity index (χ4n) is 4.88. The van der Waals surface area contributed by atoms with Crippen molar-refractivity contribution in [1.82, 2.24) is 10.2 Å². The van der Waals surface area contributed by atoms with E-state index in [4.69, 9.17) is 16.3 Å². The molecule has 3 N–H and O–H groups in total. The van der Waals surface area contributed by atoms with Gasteiger partial charge in [-0.1, -0.05) is 51.3 Å². The summed E-state index contributed by atoms with van der Waals surface area (Å²) in [4.78, 5) is 26.7. The van der Waals surface area contributed by atoms with Crippen molar-refractivity contribution < 1.29 is 23.8 Å². The fraction of sp³-hybridized carbons (Fsp3) is 0.548. The number of nitrogens with zero attached hydrogens (tertiary/aromatic N) is 1. The van der Waals surface area contributed by atoms with Crippen LogP contribution in [0.2, 0.25) is 5.02 Å². The molecule has 2 aromatic carbocycles. The lowest BCUT2D eigenvalue weighted by Gasteiger charge is -2.30. The van der Waals surface area contributed by atoms with E-state index in [-0.39, 0.29) is 43.5 Å². The number of phenolic OH excluding ortho intramolecular Hbond substituents is 1. The van der Waals surface area contributed by atoms with Crippen molar-refractivity contribution in [3.05, 3.63) is 52.3 Å². The summed E-state index contributed by atoms with van der Waals surface area (Å²) >= 11 is 5.92. The first-order valence-corrected chi connectivity index (χ1v) is 14.4. The Morgan fingerprint density at radius 3 is 2.73 bits per heavy atom. The minimum atomic E-state index is -0.339. The molecular formula is C31H45ClFN3O4. The summed E-state index contributed by atoms with van der Waals surface area (Å²) in [6, 6.07) is 8.14. The number of ether oxygens (including phenoxy) is 1. The summed E-state index contributed by atoms with van der Waals surface area (Å²) in [5.74, 6) is 0.0892. The predicted octanol–water partition coefficient (Wildman–Crippen LogP) is 6.49. The molecule has 1 aliphatic rings. The molecule has 0 spiro atoms. The van der Waals surface area contributed by atoms with Crippen LogP contribution in [0, 0.1) is 5.82 Å². The maximum atomic E-state index is 13.5. The summed E-state index contributed by atoms with van der Waals surface area (Å²) in [5.41, 5.74) is 2.13. The van der Waals surface area contributed by atoms with Gasteiger partial charge in [-0.05, 0) is 81.0 Å². The number of nitrogens with one attached hydrogen (secondary N) is 2. The Morgan fingerprint density at radius 1 is 1.18 bits per heavy atom. The lowest BCUT2D eigenvalue weighted by Crippen LogP contribution is -2.40. The Kier molecular flexibility index (Phi) is 14.2. The van der Waals surface area contributed by atoms with Crippen LogP contribution in [0.5, 0.6) is 11.5 Å². The molecule has 222 valence electrons. The van der Waals surface area contributed by atoms with Crippen LogP contribution in [0.25, 0.3) is 0 Å². The van der Waals surface area contributed by atoms with Gasteiger partial charge in [0.05, 0.1) is 0 Å². The second-order valence-corrected chi connectivity index (χ2v) is 10.6. The number of aryl methyl sites for hydroxylation is 1. The zero-order valence-corrected chi connectivity index (χ0v) is 23.8. The quantitative estimate of drug-likeness (QED) is 0.157. The van der Waals surface area contributed by atoms with Crippen LogP contribution in [-0.4, -0.2) is 54.1 Å². The molecule has 0 aliphatic carbocycles. The van der Waals surface area contributed by atoms with Crippen molar-refractivity contribution in [3.63, 3.8) is 0 Å². The van der Waals surface area contributed by atoms with Gasteiger partial charge in [0.15, 0.2) is 12.4 Å². The van der Waals surface area contributed by atoms with Crippen LogP contribution in [0.3, 0.4) is 0 Å². The van der Waals surface area contributed by atoms with Gasteiger partial charge in [-0.2, -0.15) is 0 Å². The molecular weight excluding hydrogens is 533 g/mol. The van der Waals surface area contributed by atoms with E-state index in [1.165, 1.54) is 12.1 Å². The molecule has 2 amide bonds. The highest BCUT2D eigenvalue weighted by Gasteiger charge is 2.23. The van der Waals surface area contributed by atoms with Gasteiger partial charge in [0.2, 0.25) is 5.91 Å². The third-order valence-electron chi connectivity index (χ3n) is 7.03.